The van der Waals surface area contributed by atoms with Crippen LogP contribution in [0, 0.1) is 11.6 Å². The van der Waals surface area contributed by atoms with E-state index in [1.807, 2.05) is 0 Å². The number of hydrogen-bond donors (Lipinski definition) is 2. The monoisotopic (exact) mass is 342 g/mol. The second kappa shape index (κ2) is 5.87. The minimum atomic E-state index is -0.956. The van der Waals surface area contributed by atoms with Crippen LogP contribution in [0.4, 0.5) is 8.78 Å². The Morgan fingerprint density at radius 1 is 1.20 bits per heavy atom. The third-order valence-corrected chi connectivity index (χ3v) is 3.11. The first-order valence-corrected chi connectivity index (χ1v) is 6.21. The standard InChI is InChI=1S/C13H9BrF2N2O2/c14-8-3-1-2-4-11(8)20-12-9(15)5-7(6-10(12)16)13(17)18-19/h1-6,19H,(H2,17,18). The SMILES string of the molecule is N/C(=N/O)c1cc(F)c(Oc2ccccc2Br)c(F)c1. The van der Waals surface area contributed by atoms with Crippen LogP contribution in [0.1, 0.15) is 5.56 Å². The molecule has 0 aliphatic heterocycles. The molecule has 0 fully saturated rings. The summed E-state index contributed by atoms with van der Waals surface area (Å²) in [5.41, 5.74) is 5.20. The first-order chi connectivity index (χ1) is 9.52. The lowest BCUT2D eigenvalue weighted by atomic mass is 10.2. The molecule has 0 aliphatic carbocycles. The molecular formula is C13H9BrF2N2O2. The molecule has 2 aromatic carbocycles. The number of rotatable bonds is 3. The van der Waals surface area contributed by atoms with Gasteiger partial charge in [-0.3, -0.25) is 0 Å². The summed E-state index contributed by atoms with van der Waals surface area (Å²) in [5.74, 6) is -2.60. The number of para-hydroxylation sites is 1. The van der Waals surface area contributed by atoms with Crippen molar-refractivity contribution in [1.82, 2.24) is 0 Å². The highest BCUT2D eigenvalue weighted by molar-refractivity contribution is 9.10. The number of hydrogen-bond acceptors (Lipinski definition) is 3. The Bertz CT molecular complexity index is 654. The Kier molecular flexibility index (Phi) is 4.19. The highest BCUT2D eigenvalue weighted by atomic mass is 79.9. The Hall–Kier alpha value is -2.15. The third-order valence-electron chi connectivity index (χ3n) is 2.45. The van der Waals surface area contributed by atoms with Crippen LogP contribution in [0.2, 0.25) is 0 Å². The number of benzene rings is 2. The molecule has 0 saturated carbocycles. The normalized spacial score (nSPS) is 11.4. The van der Waals surface area contributed by atoms with E-state index in [1.165, 1.54) is 0 Å². The van der Waals surface area contributed by atoms with Crippen LogP contribution in [0.15, 0.2) is 46.0 Å². The molecule has 0 amide bonds. The quantitative estimate of drug-likeness (QED) is 0.387. The zero-order valence-corrected chi connectivity index (χ0v) is 11.6. The van der Waals surface area contributed by atoms with E-state index in [1.54, 1.807) is 24.3 Å². The molecule has 0 atom stereocenters. The van der Waals surface area contributed by atoms with Gasteiger partial charge in [-0.25, -0.2) is 8.78 Å². The van der Waals surface area contributed by atoms with E-state index in [2.05, 4.69) is 21.1 Å². The topological polar surface area (TPSA) is 67.8 Å². The van der Waals surface area contributed by atoms with Crippen LogP contribution in [-0.2, 0) is 0 Å². The van der Waals surface area contributed by atoms with Gasteiger partial charge in [-0.05, 0) is 40.2 Å². The fourth-order valence-electron chi connectivity index (χ4n) is 1.50. The van der Waals surface area contributed by atoms with Crippen LogP contribution < -0.4 is 10.5 Å². The predicted molar refractivity (Wildman–Crippen MR) is 73.1 cm³/mol. The van der Waals surface area contributed by atoms with Gasteiger partial charge in [-0.15, -0.1) is 0 Å². The number of oxime groups is 1. The second-order valence-corrected chi connectivity index (χ2v) is 4.64. The van der Waals surface area contributed by atoms with Gasteiger partial charge in [0.1, 0.15) is 5.75 Å². The maximum atomic E-state index is 13.9. The second-order valence-electron chi connectivity index (χ2n) is 3.79. The summed E-state index contributed by atoms with van der Waals surface area (Å²) in [5, 5.41) is 11.2. The fourth-order valence-corrected chi connectivity index (χ4v) is 1.87. The van der Waals surface area contributed by atoms with Crippen LogP contribution in [-0.4, -0.2) is 11.0 Å². The molecule has 0 spiro atoms. The maximum Gasteiger partial charge on any atom is 0.198 e. The molecule has 2 rings (SSSR count). The highest BCUT2D eigenvalue weighted by Crippen LogP contribution is 2.32. The van der Waals surface area contributed by atoms with Crippen molar-refractivity contribution in [3.63, 3.8) is 0 Å². The summed E-state index contributed by atoms with van der Waals surface area (Å²) in [6, 6.07) is 8.48. The summed E-state index contributed by atoms with van der Waals surface area (Å²) >= 11 is 3.21. The zero-order chi connectivity index (χ0) is 14.7. The van der Waals surface area contributed by atoms with Gasteiger partial charge >= 0.3 is 0 Å². The van der Waals surface area contributed by atoms with Crippen LogP contribution in [0.25, 0.3) is 0 Å². The molecule has 104 valence electrons. The lowest BCUT2D eigenvalue weighted by Gasteiger charge is -2.10. The van der Waals surface area contributed by atoms with Crippen molar-refractivity contribution < 1.29 is 18.7 Å². The molecule has 0 aromatic heterocycles. The molecule has 7 heteroatoms. The van der Waals surface area contributed by atoms with E-state index in [0.29, 0.717) is 4.47 Å². The van der Waals surface area contributed by atoms with Crippen molar-refractivity contribution in [1.29, 1.82) is 0 Å². The largest absolute Gasteiger partial charge is 0.450 e. The molecule has 20 heavy (non-hydrogen) atoms. The number of nitrogens with zero attached hydrogens (tertiary/aromatic N) is 1. The van der Waals surface area contributed by atoms with Gasteiger partial charge in [0.2, 0.25) is 0 Å². The molecule has 3 N–H and O–H groups in total. The average molecular weight is 343 g/mol. The van der Waals surface area contributed by atoms with Crippen molar-refractivity contribution in [3.8, 4) is 11.5 Å². The first kappa shape index (κ1) is 14.3. The molecule has 0 aliphatic rings. The summed E-state index contributed by atoms with van der Waals surface area (Å²) in [7, 11) is 0. The Balaban J connectivity index is 2.41. The van der Waals surface area contributed by atoms with E-state index >= 15 is 0 Å². The molecule has 0 saturated heterocycles. The van der Waals surface area contributed by atoms with Crippen molar-refractivity contribution in [2.24, 2.45) is 10.9 Å². The molecule has 0 bridgehead atoms. The Morgan fingerprint density at radius 3 is 2.35 bits per heavy atom. The van der Waals surface area contributed by atoms with Gasteiger partial charge in [0.15, 0.2) is 23.2 Å². The number of ether oxygens (including phenoxy) is 1. The molecule has 0 unspecified atom stereocenters. The molecule has 4 nitrogen and oxygen atoms in total. The van der Waals surface area contributed by atoms with Gasteiger partial charge in [0.05, 0.1) is 4.47 Å². The lowest BCUT2D eigenvalue weighted by Crippen LogP contribution is -2.14. The van der Waals surface area contributed by atoms with Gasteiger partial charge in [0, 0.05) is 5.56 Å². The zero-order valence-electron chi connectivity index (χ0n) is 9.98. The minimum absolute atomic E-state index is 0.0815. The molecular weight excluding hydrogens is 334 g/mol. The Morgan fingerprint density at radius 2 is 1.80 bits per heavy atom. The van der Waals surface area contributed by atoms with E-state index in [-0.39, 0.29) is 11.3 Å². The average Bonchev–Trinajstić information content (AvgIpc) is 2.43. The van der Waals surface area contributed by atoms with Crippen molar-refractivity contribution in [3.05, 3.63) is 58.1 Å². The van der Waals surface area contributed by atoms with E-state index in [9.17, 15) is 8.78 Å². The van der Waals surface area contributed by atoms with Gasteiger partial charge in [-0.2, -0.15) is 0 Å². The summed E-state index contributed by atoms with van der Waals surface area (Å²) in [6.07, 6.45) is 0. The van der Waals surface area contributed by atoms with E-state index in [4.69, 9.17) is 15.7 Å². The van der Waals surface area contributed by atoms with E-state index in [0.717, 1.165) is 12.1 Å². The number of amidine groups is 1. The number of nitrogens with two attached hydrogens (primary N) is 1. The van der Waals surface area contributed by atoms with Crippen LogP contribution in [0.3, 0.4) is 0 Å². The summed E-state index contributed by atoms with van der Waals surface area (Å²) in [4.78, 5) is 0. The molecule has 2 aromatic rings. The first-order valence-electron chi connectivity index (χ1n) is 5.42. The van der Waals surface area contributed by atoms with Crippen molar-refractivity contribution in [2.75, 3.05) is 0 Å². The van der Waals surface area contributed by atoms with Gasteiger partial charge in [0.25, 0.3) is 0 Å². The fraction of sp³-hybridized carbons (Fsp3) is 0. The van der Waals surface area contributed by atoms with Crippen molar-refractivity contribution in [2.45, 2.75) is 0 Å². The highest BCUT2D eigenvalue weighted by Gasteiger charge is 2.16. The lowest BCUT2D eigenvalue weighted by molar-refractivity contribution is 0.318. The van der Waals surface area contributed by atoms with Crippen molar-refractivity contribution >= 4 is 21.8 Å². The van der Waals surface area contributed by atoms with Crippen LogP contribution >= 0.6 is 15.9 Å². The predicted octanol–water partition coefficient (Wildman–Crippen LogP) is 3.61. The third kappa shape index (κ3) is 2.88. The maximum absolute atomic E-state index is 13.9. The molecule has 0 heterocycles. The minimum Gasteiger partial charge on any atom is -0.450 e. The smallest absolute Gasteiger partial charge is 0.198 e. The Labute approximate surface area is 121 Å². The summed E-state index contributed by atoms with van der Waals surface area (Å²) < 4.78 is 33.5. The summed E-state index contributed by atoms with van der Waals surface area (Å²) in [6.45, 7) is 0. The van der Waals surface area contributed by atoms with Gasteiger partial charge < -0.3 is 15.7 Å². The van der Waals surface area contributed by atoms with E-state index < -0.39 is 23.2 Å². The van der Waals surface area contributed by atoms with Gasteiger partial charge in [-0.1, -0.05) is 17.3 Å². The molecule has 0 radical (unpaired) electrons. The van der Waals surface area contributed by atoms with Crippen LogP contribution in [0.5, 0.6) is 11.5 Å². The number of halogens is 3.